The third-order valence-electron chi connectivity index (χ3n) is 4.17. The Morgan fingerprint density at radius 1 is 1.11 bits per heavy atom. The van der Waals surface area contributed by atoms with Crippen LogP contribution in [0, 0.1) is 30.9 Å². The van der Waals surface area contributed by atoms with Crippen molar-refractivity contribution in [2.75, 3.05) is 5.32 Å². The summed E-state index contributed by atoms with van der Waals surface area (Å²) in [5.74, 6) is 0.310. The average Bonchev–Trinajstić information content (AvgIpc) is 2.62. The van der Waals surface area contributed by atoms with Crippen LogP contribution >= 0.6 is 11.6 Å². The van der Waals surface area contributed by atoms with Gasteiger partial charge in [-0.15, -0.1) is 0 Å². The van der Waals surface area contributed by atoms with Gasteiger partial charge in [-0.2, -0.15) is 4.98 Å². The molecule has 0 aliphatic rings. The van der Waals surface area contributed by atoms with E-state index >= 15 is 0 Å². The fourth-order valence-corrected chi connectivity index (χ4v) is 2.62. The van der Waals surface area contributed by atoms with E-state index < -0.39 is 4.92 Å². The monoisotopic (exact) mass is 384 g/mol. The predicted molar refractivity (Wildman–Crippen MR) is 104 cm³/mol. The fourth-order valence-electron chi connectivity index (χ4n) is 2.50. The largest absolute Gasteiger partial charge is 0.434 e. The van der Waals surface area contributed by atoms with E-state index in [0.717, 1.165) is 22.4 Å². The van der Waals surface area contributed by atoms with Gasteiger partial charge in [-0.05, 0) is 61.7 Å². The van der Waals surface area contributed by atoms with Crippen molar-refractivity contribution < 1.29 is 9.66 Å². The Hall–Kier alpha value is -3.19. The summed E-state index contributed by atoms with van der Waals surface area (Å²) in [6.45, 7) is 5.71. The number of halogens is 1. The van der Waals surface area contributed by atoms with E-state index in [0.29, 0.717) is 10.8 Å². The lowest BCUT2D eigenvalue weighted by Crippen LogP contribution is -2.04. The maximum absolute atomic E-state index is 11.7. The zero-order valence-electron chi connectivity index (χ0n) is 15.0. The minimum absolute atomic E-state index is 0.0596. The van der Waals surface area contributed by atoms with Gasteiger partial charge in [-0.3, -0.25) is 10.1 Å². The molecule has 0 unspecified atom stereocenters. The van der Waals surface area contributed by atoms with Gasteiger partial charge < -0.3 is 10.1 Å². The number of rotatable bonds is 5. The molecule has 0 aliphatic carbocycles. The van der Waals surface area contributed by atoms with E-state index in [1.807, 2.05) is 39.0 Å². The summed E-state index contributed by atoms with van der Waals surface area (Å²) >= 11 is 6.01. The summed E-state index contributed by atoms with van der Waals surface area (Å²) in [6.07, 6.45) is 1.22. The Labute approximate surface area is 161 Å². The van der Waals surface area contributed by atoms with Gasteiger partial charge >= 0.3 is 11.6 Å². The van der Waals surface area contributed by atoms with Crippen molar-refractivity contribution in [3.8, 4) is 11.6 Å². The molecular formula is C19H17ClN4O3. The molecule has 0 fully saturated rings. The summed E-state index contributed by atoms with van der Waals surface area (Å²) in [7, 11) is 0. The zero-order chi connectivity index (χ0) is 19.6. The van der Waals surface area contributed by atoms with Crippen LogP contribution < -0.4 is 10.1 Å². The normalized spacial score (nSPS) is 10.5. The molecule has 0 bridgehead atoms. The van der Waals surface area contributed by atoms with Crippen LogP contribution in [0.25, 0.3) is 0 Å². The second-order valence-electron chi connectivity index (χ2n) is 6.02. The molecule has 1 aromatic heterocycles. The summed E-state index contributed by atoms with van der Waals surface area (Å²) in [5.41, 5.74) is 3.21. The number of anilines is 2. The molecule has 0 spiro atoms. The molecule has 3 aromatic rings. The molecule has 1 heterocycles. The first-order chi connectivity index (χ1) is 12.9. The topological polar surface area (TPSA) is 90.2 Å². The first kappa shape index (κ1) is 18.6. The number of hydrogen-bond donors (Lipinski definition) is 1. The smallest absolute Gasteiger partial charge is 0.373 e. The number of nitrogens with zero attached hydrogens (tertiary/aromatic N) is 3. The number of aryl methyl sites for hydroxylation is 2. The number of ether oxygens (including phenoxy) is 1. The van der Waals surface area contributed by atoms with Crippen LogP contribution in [0.5, 0.6) is 11.6 Å². The molecule has 3 rings (SSSR count). The standard InChI is InChI=1S/C19H17ClN4O3/c1-11-5-4-6-16(13(11)3)23-18-17(24(25)26)19(22-10-21-18)27-14-7-8-15(20)12(2)9-14/h4-10H,1-3H3,(H,21,22,23). The van der Waals surface area contributed by atoms with Crippen LogP contribution in [-0.4, -0.2) is 14.9 Å². The maximum Gasteiger partial charge on any atom is 0.373 e. The van der Waals surface area contributed by atoms with Gasteiger partial charge in [0, 0.05) is 10.7 Å². The highest BCUT2D eigenvalue weighted by molar-refractivity contribution is 6.31. The Bertz CT molecular complexity index is 1020. The van der Waals surface area contributed by atoms with Crippen molar-refractivity contribution in [3.63, 3.8) is 0 Å². The van der Waals surface area contributed by atoms with Crippen molar-refractivity contribution in [1.29, 1.82) is 0 Å². The molecule has 7 nitrogen and oxygen atoms in total. The molecular weight excluding hydrogens is 368 g/mol. The van der Waals surface area contributed by atoms with E-state index in [-0.39, 0.29) is 17.4 Å². The molecule has 0 radical (unpaired) electrons. The van der Waals surface area contributed by atoms with Gasteiger partial charge in [0.2, 0.25) is 5.82 Å². The Kier molecular flexibility index (Phi) is 5.23. The van der Waals surface area contributed by atoms with E-state index in [4.69, 9.17) is 16.3 Å². The van der Waals surface area contributed by atoms with Crippen LogP contribution in [0.15, 0.2) is 42.7 Å². The van der Waals surface area contributed by atoms with Crippen molar-refractivity contribution in [3.05, 3.63) is 74.6 Å². The first-order valence-corrected chi connectivity index (χ1v) is 8.51. The SMILES string of the molecule is Cc1cc(Oc2ncnc(Nc3cccc(C)c3C)c2[N+](=O)[O-])ccc1Cl. The highest BCUT2D eigenvalue weighted by Crippen LogP contribution is 2.36. The maximum atomic E-state index is 11.7. The quantitative estimate of drug-likeness (QED) is 0.461. The summed E-state index contributed by atoms with van der Waals surface area (Å²) in [6, 6.07) is 10.6. The predicted octanol–water partition coefficient (Wildman–Crippen LogP) is 5.50. The molecule has 0 aliphatic heterocycles. The number of aromatic nitrogens is 2. The van der Waals surface area contributed by atoms with Gasteiger partial charge in [0.15, 0.2) is 0 Å². The van der Waals surface area contributed by atoms with Crippen molar-refractivity contribution in [1.82, 2.24) is 9.97 Å². The van der Waals surface area contributed by atoms with Gasteiger partial charge in [0.05, 0.1) is 4.92 Å². The lowest BCUT2D eigenvalue weighted by Gasteiger charge is -2.12. The number of nitro groups is 1. The van der Waals surface area contributed by atoms with Crippen molar-refractivity contribution in [2.45, 2.75) is 20.8 Å². The van der Waals surface area contributed by atoms with Gasteiger partial charge in [-0.25, -0.2) is 4.98 Å². The molecule has 1 N–H and O–H groups in total. The second-order valence-corrected chi connectivity index (χ2v) is 6.43. The highest BCUT2D eigenvalue weighted by Gasteiger charge is 2.25. The van der Waals surface area contributed by atoms with E-state index in [1.54, 1.807) is 18.2 Å². The number of hydrogen-bond acceptors (Lipinski definition) is 6. The molecule has 0 amide bonds. The zero-order valence-corrected chi connectivity index (χ0v) is 15.7. The lowest BCUT2D eigenvalue weighted by molar-refractivity contribution is -0.385. The van der Waals surface area contributed by atoms with E-state index in [9.17, 15) is 10.1 Å². The summed E-state index contributed by atoms with van der Waals surface area (Å²) in [5, 5.41) is 15.3. The molecule has 0 saturated carbocycles. The summed E-state index contributed by atoms with van der Waals surface area (Å²) in [4.78, 5) is 19.1. The van der Waals surface area contributed by atoms with E-state index in [2.05, 4.69) is 15.3 Å². The molecule has 138 valence electrons. The van der Waals surface area contributed by atoms with Crippen molar-refractivity contribution in [2.24, 2.45) is 0 Å². The third-order valence-corrected chi connectivity index (χ3v) is 4.60. The molecule has 0 atom stereocenters. The fraction of sp³-hybridized carbons (Fsp3) is 0.158. The third kappa shape index (κ3) is 3.98. The molecule has 8 heteroatoms. The Morgan fingerprint density at radius 2 is 1.89 bits per heavy atom. The Morgan fingerprint density at radius 3 is 2.59 bits per heavy atom. The van der Waals surface area contributed by atoms with E-state index in [1.165, 1.54) is 6.33 Å². The minimum atomic E-state index is -0.564. The average molecular weight is 385 g/mol. The lowest BCUT2D eigenvalue weighted by atomic mass is 10.1. The molecule has 27 heavy (non-hydrogen) atoms. The van der Waals surface area contributed by atoms with Gasteiger partial charge in [0.1, 0.15) is 12.1 Å². The number of benzene rings is 2. The Balaban J connectivity index is 2.01. The first-order valence-electron chi connectivity index (χ1n) is 8.13. The van der Waals surface area contributed by atoms with Gasteiger partial charge in [-0.1, -0.05) is 23.7 Å². The van der Waals surface area contributed by atoms with Crippen LogP contribution in [0.2, 0.25) is 5.02 Å². The van der Waals surface area contributed by atoms with Crippen LogP contribution in [-0.2, 0) is 0 Å². The van der Waals surface area contributed by atoms with Gasteiger partial charge in [0.25, 0.3) is 0 Å². The number of nitrogens with one attached hydrogen (secondary N) is 1. The van der Waals surface area contributed by atoms with Crippen molar-refractivity contribution >= 4 is 28.8 Å². The second kappa shape index (κ2) is 7.59. The molecule has 0 saturated heterocycles. The minimum Gasteiger partial charge on any atom is -0.434 e. The van der Waals surface area contributed by atoms with Crippen LogP contribution in [0.1, 0.15) is 16.7 Å². The summed E-state index contributed by atoms with van der Waals surface area (Å²) < 4.78 is 5.65. The van der Waals surface area contributed by atoms with Crippen LogP contribution in [0.3, 0.4) is 0 Å². The highest BCUT2D eigenvalue weighted by atomic mass is 35.5. The molecule has 2 aromatic carbocycles. The van der Waals surface area contributed by atoms with Crippen LogP contribution in [0.4, 0.5) is 17.2 Å².